The quantitative estimate of drug-likeness (QED) is 0.911. The number of amides is 1. The first kappa shape index (κ1) is 14.4. The summed E-state index contributed by atoms with van der Waals surface area (Å²) in [6.45, 7) is 1.06. The van der Waals surface area contributed by atoms with Gasteiger partial charge < -0.3 is 15.3 Å². The van der Waals surface area contributed by atoms with Gasteiger partial charge >= 0.3 is 0 Å². The zero-order chi connectivity index (χ0) is 15.5. The Morgan fingerprint density at radius 2 is 2.09 bits per heavy atom. The molecule has 1 aliphatic rings. The maximum Gasteiger partial charge on any atom is 0.227 e. The van der Waals surface area contributed by atoms with Crippen LogP contribution in [0.3, 0.4) is 0 Å². The van der Waals surface area contributed by atoms with Crippen molar-refractivity contribution < 1.29 is 14.3 Å². The Morgan fingerprint density at radius 3 is 2.77 bits per heavy atom. The molecule has 1 saturated heterocycles. The van der Waals surface area contributed by atoms with Crippen LogP contribution in [0.2, 0.25) is 0 Å². The minimum Gasteiger partial charge on any atom is -0.508 e. The Kier molecular flexibility index (Phi) is 3.96. The SMILES string of the molecule is O=C1CCCN1c1ccc(NCc2cccc(O)c2)cc1F. The van der Waals surface area contributed by atoms with Crippen molar-refractivity contribution in [3.63, 3.8) is 0 Å². The third-order valence-electron chi connectivity index (χ3n) is 3.72. The molecule has 1 heterocycles. The minimum absolute atomic E-state index is 0.0284. The average Bonchev–Trinajstić information content (AvgIpc) is 2.91. The molecular formula is C17H17FN2O2. The Bertz CT molecular complexity index is 703. The van der Waals surface area contributed by atoms with Gasteiger partial charge in [-0.3, -0.25) is 4.79 Å². The van der Waals surface area contributed by atoms with Crippen molar-refractivity contribution >= 4 is 17.3 Å². The van der Waals surface area contributed by atoms with Crippen molar-refractivity contribution in [2.24, 2.45) is 0 Å². The molecule has 2 aromatic rings. The molecule has 4 nitrogen and oxygen atoms in total. The number of nitrogens with one attached hydrogen (secondary N) is 1. The highest BCUT2D eigenvalue weighted by Crippen LogP contribution is 2.27. The van der Waals surface area contributed by atoms with Crippen LogP contribution in [0.15, 0.2) is 42.5 Å². The molecule has 0 aliphatic carbocycles. The van der Waals surface area contributed by atoms with Gasteiger partial charge in [0.05, 0.1) is 5.69 Å². The van der Waals surface area contributed by atoms with E-state index in [1.165, 1.54) is 11.0 Å². The molecule has 5 heteroatoms. The van der Waals surface area contributed by atoms with Gasteiger partial charge in [-0.05, 0) is 42.3 Å². The van der Waals surface area contributed by atoms with Gasteiger partial charge in [0.2, 0.25) is 5.91 Å². The smallest absolute Gasteiger partial charge is 0.227 e. The highest BCUT2D eigenvalue weighted by molar-refractivity contribution is 5.95. The average molecular weight is 300 g/mol. The molecule has 2 N–H and O–H groups in total. The maximum atomic E-state index is 14.2. The van der Waals surface area contributed by atoms with Crippen molar-refractivity contribution in [2.75, 3.05) is 16.8 Å². The fourth-order valence-electron chi connectivity index (χ4n) is 2.61. The largest absolute Gasteiger partial charge is 0.508 e. The Balaban J connectivity index is 1.70. The number of rotatable bonds is 4. The number of anilines is 2. The number of halogens is 1. The van der Waals surface area contributed by atoms with E-state index in [9.17, 15) is 14.3 Å². The van der Waals surface area contributed by atoms with Gasteiger partial charge in [-0.25, -0.2) is 4.39 Å². The molecule has 3 rings (SSSR count). The van der Waals surface area contributed by atoms with Crippen LogP contribution in [-0.2, 0) is 11.3 Å². The molecule has 2 aromatic carbocycles. The molecular weight excluding hydrogens is 283 g/mol. The van der Waals surface area contributed by atoms with Gasteiger partial charge in [0, 0.05) is 25.2 Å². The molecule has 0 bridgehead atoms. The number of carbonyl (C=O) groups is 1. The molecule has 22 heavy (non-hydrogen) atoms. The number of hydrogen-bond acceptors (Lipinski definition) is 3. The van der Waals surface area contributed by atoms with E-state index in [0.717, 1.165) is 12.0 Å². The van der Waals surface area contributed by atoms with Crippen LogP contribution in [0.25, 0.3) is 0 Å². The normalized spacial score (nSPS) is 14.4. The summed E-state index contributed by atoms with van der Waals surface area (Å²) < 4.78 is 14.2. The predicted molar refractivity (Wildman–Crippen MR) is 83.4 cm³/mol. The molecule has 1 fully saturated rings. The zero-order valence-electron chi connectivity index (χ0n) is 12.1. The predicted octanol–water partition coefficient (Wildman–Crippen LogP) is 3.27. The van der Waals surface area contributed by atoms with Gasteiger partial charge in [0.15, 0.2) is 0 Å². The Morgan fingerprint density at radius 1 is 1.23 bits per heavy atom. The second kappa shape index (κ2) is 6.05. The lowest BCUT2D eigenvalue weighted by atomic mass is 10.2. The summed E-state index contributed by atoms with van der Waals surface area (Å²) in [6, 6.07) is 11.7. The molecule has 0 saturated carbocycles. The van der Waals surface area contributed by atoms with Crippen LogP contribution in [0.5, 0.6) is 5.75 Å². The fourth-order valence-corrected chi connectivity index (χ4v) is 2.61. The number of phenolic OH excluding ortho intramolecular Hbond substituents is 1. The van der Waals surface area contributed by atoms with E-state index in [1.807, 2.05) is 6.07 Å². The summed E-state index contributed by atoms with van der Waals surface area (Å²) >= 11 is 0. The van der Waals surface area contributed by atoms with Crippen LogP contribution >= 0.6 is 0 Å². The number of benzene rings is 2. The molecule has 0 unspecified atom stereocenters. The molecule has 114 valence electrons. The van der Waals surface area contributed by atoms with E-state index in [4.69, 9.17) is 0 Å². The van der Waals surface area contributed by atoms with Crippen molar-refractivity contribution in [3.8, 4) is 5.75 Å². The minimum atomic E-state index is -0.406. The Hall–Kier alpha value is -2.56. The molecule has 0 aromatic heterocycles. The summed E-state index contributed by atoms with van der Waals surface area (Å²) in [5.74, 6) is -0.232. The van der Waals surface area contributed by atoms with Crippen LogP contribution < -0.4 is 10.2 Å². The van der Waals surface area contributed by atoms with E-state index in [1.54, 1.807) is 30.3 Å². The van der Waals surface area contributed by atoms with Gasteiger partial charge in [-0.15, -0.1) is 0 Å². The monoisotopic (exact) mass is 300 g/mol. The number of hydrogen-bond donors (Lipinski definition) is 2. The highest BCUT2D eigenvalue weighted by atomic mass is 19.1. The first-order valence-electron chi connectivity index (χ1n) is 7.25. The Labute approximate surface area is 128 Å². The van der Waals surface area contributed by atoms with Crippen molar-refractivity contribution in [1.29, 1.82) is 0 Å². The third-order valence-corrected chi connectivity index (χ3v) is 3.72. The molecule has 1 aliphatic heterocycles. The van der Waals surface area contributed by atoms with E-state index in [-0.39, 0.29) is 11.7 Å². The van der Waals surface area contributed by atoms with Crippen molar-refractivity contribution in [2.45, 2.75) is 19.4 Å². The summed E-state index contributed by atoms with van der Waals surface area (Å²) in [7, 11) is 0. The topological polar surface area (TPSA) is 52.6 Å². The van der Waals surface area contributed by atoms with Crippen molar-refractivity contribution in [1.82, 2.24) is 0 Å². The molecule has 1 amide bonds. The van der Waals surface area contributed by atoms with Crippen molar-refractivity contribution in [3.05, 3.63) is 53.8 Å². The standard InChI is InChI=1S/C17H17FN2O2/c18-15-10-13(19-11-12-3-1-4-14(21)9-12)6-7-16(15)20-8-2-5-17(20)22/h1,3-4,6-7,9-10,19,21H,2,5,8,11H2. The first-order chi connectivity index (χ1) is 10.6. The number of phenols is 1. The van der Waals surface area contributed by atoms with Crippen LogP contribution in [-0.4, -0.2) is 17.6 Å². The number of nitrogens with zero attached hydrogens (tertiary/aromatic N) is 1. The van der Waals surface area contributed by atoms with Gasteiger partial charge in [-0.2, -0.15) is 0 Å². The number of aromatic hydroxyl groups is 1. The van der Waals surface area contributed by atoms with E-state index >= 15 is 0 Å². The summed E-state index contributed by atoms with van der Waals surface area (Å²) in [6.07, 6.45) is 1.26. The zero-order valence-corrected chi connectivity index (χ0v) is 12.1. The second-order valence-electron chi connectivity index (χ2n) is 5.34. The molecule has 0 radical (unpaired) electrons. The van der Waals surface area contributed by atoms with E-state index in [0.29, 0.717) is 30.9 Å². The summed E-state index contributed by atoms with van der Waals surface area (Å²) in [5.41, 5.74) is 1.88. The van der Waals surface area contributed by atoms with Gasteiger partial charge in [0.25, 0.3) is 0 Å². The van der Waals surface area contributed by atoms with Crippen LogP contribution in [0, 0.1) is 5.82 Å². The van der Waals surface area contributed by atoms with Crippen LogP contribution in [0.1, 0.15) is 18.4 Å². The second-order valence-corrected chi connectivity index (χ2v) is 5.34. The van der Waals surface area contributed by atoms with E-state index < -0.39 is 5.82 Å². The van der Waals surface area contributed by atoms with Gasteiger partial charge in [0.1, 0.15) is 11.6 Å². The summed E-state index contributed by atoms with van der Waals surface area (Å²) in [5, 5.41) is 12.5. The highest BCUT2D eigenvalue weighted by Gasteiger charge is 2.24. The van der Waals surface area contributed by atoms with Gasteiger partial charge in [-0.1, -0.05) is 12.1 Å². The lowest BCUT2D eigenvalue weighted by Crippen LogP contribution is -2.24. The first-order valence-corrected chi connectivity index (χ1v) is 7.25. The third kappa shape index (κ3) is 3.03. The molecule has 0 spiro atoms. The fraction of sp³-hybridized carbons (Fsp3) is 0.235. The van der Waals surface area contributed by atoms with E-state index in [2.05, 4.69) is 5.32 Å². The lowest BCUT2D eigenvalue weighted by Gasteiger charge is -2.17. The number of carbonyl (C=O) groups excluding carboxylic acids is 1. The lowest BCUT2D eigenvalue weighted by molar-refractivity contribution is -0.117. The summed E-state index contributed by atoms with van der Waals surface area (Å²) in [4.78, 5) is 13.2. The molecule has 0 atom stereocenters. The maximum absolute atomic E-state index is 14.2. The van der Waals surface area contributed by atoms with Crippen LogP contribution in [0.4, 0.5) is 15.8 Å².